The van der Waals surface area contributed by atoms with E-state index >= 15 is 0 Å². The Bertz CT molecular complexity index is 681. The van der Waals surface area contributed by atoms with E-state index in [1.54, 1.807) is 0 Å². The van der Waals surface area contributed by atoms with E-state index in [9.17, 15) is 0 Å². The van der Waals surface area contributed by atoms with Gasteiger partial charge >= 0.3 is 0 Å². The van der Waals surface area contributed by atoms with Crippen LogP contribution in [0.2, 0.25) is 5.15 Å². The maximum Gasteiger partial charge on any atom is 0.136 e. The molecule has 0 aliphatic rings. The van der Waals surface area contributed by atoms with Crippen LogP contribution in [0.5, 0.6) is 0 Å². The summed E-state index contributed by atoms with van der Waals surface area (Å²) in [7, 11) is 0. The molecule has 110 valence electrons. The van der Waals surface area contributed by atoms with Gasteiger partial charge in [-0.2, -0.15) is 0 Å². The van der Waals surface area contributed by atoms with Gasteiger partial charge in [0.15, 0.2) is 0 Å². The molecule has 2 rings (SSSR count). The number of aromatic nitrogens is 2. The van der Waals surface area contributed by atoms with Crippen molar-refractivity contribution in [1.82, 2.24) is 9.97 Å². The molecule has 0 bridgehead atoms. The van der Waals surface area contributed by atoms with Gasteiger partial charge in [0.2, 0.25) is 0 Å². The lowest BCUT2D eigenvalue weighted by Crippen LogP contribution is -2.03. The van der Waals surface area contributed by atoms with Gasteiger partial charge in [0.1, 0.15) is 11.0 Å². The van der Waals surface area contributed by atoms with E-state index < -0.39 is 0 Å². The number of halogens is 2. The van der Waals surface area contributed by atoms with Crippen LogP contribution in [0.4, 0.5) is 0 Å². The third-order valence-electron chi connectivity index (χ3n) is 3.32. The summed E-state index contributed by atoms with van der Waals surface area (Å²) in [6, 6.07) is 6.21. The molecular weight excluding hydrogens is 348 g/mol. The largest absolute Gasteiger partial charge is 0.233 e. The molecule has 1 aromatic carbocycles. The molecule has 4 heteroatoms. The van der Waals surface area contributed by atoms with E-state index in [2.05, 4.69) is 52.4 Å². The van der Waals surface area contributed by atoms with Crippen LogP contribution in [0, 0.1) is 6.92 Å². The molecule has 1 aromatic heterocycles. The van der Waals surface area contributed by atoms with E-state index in [1.807, 2.05) is 25.1 Å². The van der Waals surface area contributed by atoms with Gasteiger partial charge < -0.3 is 0 Å². The summed E-state index contributed by atoms with van der Waals surface area (Å²) in [4.78, 5) is 8.93. The fourth-order valence-corrected chi connectivity index (χ4v) is 3.22. The first-order chi connectivity index (χ1) is 9.95. The summed E-state index contributed by atoms with van der Waals surface area (Å²) in [6.45, 7) is 10.0. The first kappa shape index (κ1) is 16.2. The van der Waals surface area contributed by atoms with Crippen LogP contribution >= 0.6 is 27.5 Å². The highest BCUT2D eigenvalue weighted by molar-refractivity contribution is 9.10. The first-order valence-corrected chi connectivity index (χ1v) is 8.05. The molecule has 2 nitrogen and oxygen atoms in total. The Morgan fingerprint density at radius 2 is 2.05 bits per heavy atom. The number of hydrogen-bond acceptors (Lipinski definition) is 2. The highest BCUT2D eigenvalue weighted by Gasteiger charge is 2.19. The minimum Gasteiger partial charge on any atom is -0.233 e. The molecule has 1 heterocycles. The van der Waals surface area contributed by atoms with Gasteiger partial charge in [-0.3, -0.25) is 0 Å². The Morgan fingerprint density at radius 1 is 1.33 bits per heavy atom. The Hall–Kier alpha value is -1.19. The van der Waals surface area contributed by atoms with E-state index in [0.29, 0.717) is 23.3 Å². The average Bonchev–Trinajstić information content (AvgIpc) is 2.41. The van der Waals surface area contributed by atoms with E-state index in [1.165, 1.54) is 5.56 Å². The molecule has 0 spiro atoms. The normalized spacial score (nSPS) is 11.0. The standard InChI is InChI=1S/C17H18BrClN2/c1-5-7-13-16(20-11(4)21-17(13)19)15-12(10(2)3)8-6-9-14(15)18/h5-6,8-10H,1,7H2,2-4H3. The third kappa shape index (κ3) is 3.35. The number of aryl methyl sites for hydroxylation is 1. The molecule has 0 N–H and O–H groups in total. The number of benzene rings is 1. The predicted molar refractivity (Wildman–Crippen MR) is 92.9 cm³/mol. The van der Waals surface area contributed by atoms with Crippen molar-refractivity contribution in [3.63, 3.8) is 0 Å². The molecular formula is C17H18BrClN2. The van der Waals surface area contributed by atoms with Crippen LogP contribution in [-0.4, -0.2) is 9.97 Å². The minimum absolute atomic E-state index is 0.392. The van der Waals surface area contributed by atoms with Crippen molar-refractivity contribution < 1.29 is 0 Å². The van der Waals surface area contributed by atoms with Gasteiger partial charge in [-0.25, -0.2) is 9.97 Å². The zero-order valence-corrected chi connectivity index (χ0v) is 14.8. The van der Waals surface area contributed by atoms with Crippen molar-refractivity contribution in [2.75, 3.05) is 0 Å². The van der Waals surface area contributed by atoms with E-state index in [0.717, 1.165) is 21.3 Å². The number of nitrogens with zero attached hydrogens (tertiary/aromatic N) is 2. The molecule has 0 saturated carbocycles. The van der Waals surface area contributed by atoms with Gasteiger partial charge in [0.05, 0.1) is 5.69 Å². The van der Waals surface area contributed by atoms with E-state index in [-0.39, 0.29) is 0 Å². The second-order valence-corrected chi connectivity index (χ2v) is 6.45. The van der Waals surface area contributed by atoms with Gasteiger partial charge in [0.25, 0.3) is 0 Å². The highest BCUT2D eigenvalue weighted by Crippen LogP contribution is 2.37. The summed E-state index contributed by atoms with van der Waals surface area (Å²) in [5.74, 6) is 1.07. The topological polar surface area (TPSA) is 25.8 Å². The van der Waals surface area contributed by atoms with Crippen LogP contribution in [0.25, 0.3) is 11.3 Å². The average molecular weight is 366 g/mol. The molecule has 21 heavy (non-hydrogen) atoms. The number of hydrogen-bond donors (Lipinski definition) is 0. The number of allylic oxidation sites excluding steroid dienone is 1. The van der Waals surface area contributed by atoms with Crippen LogP contribution in [0.1, 0.15) is 36.7 Å². The summed E-state index contributed by atoms with van der Waals surface area (Å²) in [5.41, 5.74) is 4.15. The van der Waals surface area contributed by atoms with Crippen molar-refractivity contribution in [3.8, 4) is 11.3 Å². The Morgan fingerprint density at radius 3 is 2.67 bits per heavy atom. The molecule has 0 saturated heterocycles. The zero-order valence-electron chi connectivity index (χ0n) is 12.5. The lowest BCUT2D eigenvalue weighted by atomic mass is 9.93. The lowest BCUT2D eigenvalue weighted by molar-refractivity contribution is 0.865. The molecule has 0 fully saturated rings. The quantitative estimate of drug-likeness (QED) is 0.511. The van der Waals surface area contributed by atoms with Crippen LogP contribution < -0.4 is 0 Å². The second-order valence-electron chi connectivity index (χ2n) is 5.24. The van der Waals surface area contributed by atoms with Crippen molar-refractivity contribution in [2.24, 2.45) is 0 Å². The molecule has 2 aromatic rings. The summed E-state index contributed by atoms with van der Waals surface area (Å²) < 4.78 is 1.02. The lowest BCUT2D eigenvalue weighted by Gasteiger charge is -2.17. The van der Waals surface area contributed by atoms with Crippen molar-refractivity contribution >= 4 is 27.5 Å². The Kier molecular flexibility index (Phi) is 5.17. The first-order valence-electron chi connectivity index (χ1n) is 6.88. The molecule has 0 atom stereocenters. The summed E-state index contributed by atoms with van der Waals surface area (Å²) in [6.07, 6.45) is 2.47. The van der Waals surface area contributed by atoms with Gasteiger partial charge in [-0.15, -0.1) is 6.58 Å². The maximum atomic E-state index is 6.33. The van der Waals surface area contributed by atoms with Crippen molar-refractivity contribution in [2.45, 2.75) is 33.1 Å². The number of rotatable bonds is 4. The van der Waals surface area contributed by atoms with Crippen LogP contribution in [-0.2, 0) is 6.42 Å². The minimum atomic E-state index is 0.392. The fraction of sp³-hybridized carbons (Fsp3) is 0.294. The molecule has 0 unspecified atom stereocenters. The van der Waals surface area contributed by atoms with Crippen LogP contribution in [0.15, 0.2) is 35.3 Å². The predicted octanol–water partition coefficient (Wildman–Crippen LogP) is 5.72. The van der Waals surface area contributed by atoms with Crippen molar-refractivity contribution in [1.29, 1.82) is 0 Å². The van der Waals surface area contributed by atoms with E-state index in [4.69, 9.17) is 11.6 Å². The fourth-order valence-electron chi connectivity index (χ4n) is 2.37. The van der Waals surface area contributed by atoms with Crippen LogP contribution in [0.3, 0.4) is 0 Å². The molecule has 0 radical (unpaired) electrons. The summed E-state index contributed by atoms with van der Waals surface area (Å²) >= 11 is 9.99. The second kappa shape index (κ2) is 6.71. The zero-order chi connectivity index (χ0) is 15.6. The molecule has 0 aliphatic carbocycles. The maximum absolute atomic E-state index is 6.33. The summed E-state index contributed by atoms with van der Waals surface area (Å²) in [5, 5.41) is 0.503. The van der Waals surface area contributed by atoms with Gasteiger partial charge in [0, 0.05) is 15.6 Å². The Balaban J connectivity index is 2.80. The molecule has 0 amide bonds. The smallest absolute Gasteiger partial charge is 0.136 e. The highest BCUT2D eigenvalue weighted by atomic mass is 79.9. The Labute approximate surface area is 139 Å². The monoisotopic (exact) mass is 364 g/mol. The van der Waals surface area contributed by atoms with Crippen molar-refractivity contribution in [3.05, 3.63) is 57.4 Å². The third-order valence-corrected chi connectivity index (χ3v) is 4.30. The SMILES string of the molecule is C=CCc1c(Cl)nc(C)nc1-c1c(Br)cccc1C(C)C. The van der Waals surface area contributed by atoms with Gasteiger partial charge in [-0.05, 0) is 30.9 Å². The van der Waals surface area contributed by atoms with Gasteiger partial charge in [-0.1, -0.05) is 59.6 Å². The molecule has 0 aliphatic heterocycles.